The summed E-state index contributed by atoms with van der Waals surface area (Å²) in [5.74, 6) is -0.145. The van der Waals surface area contributed by atoms with Gasteiger partial charge in [0.2, 0.25) is 10.0 Å². The maximum absolute atomic E-state index is 13.5. The second-order valence-corrected chi connectivity index (χ2v) is 8.05. The summed E-state index contributed by atoms with van der Waals surface area (Å²) in [6.07, 6.45) is 0. The van der Waals surface area contributed by atoms with E-state index in [-0.39, 0.29) is 17.6 Å². The van der Waals surface area contributed by atoms with E-state index in [2.05, 4.69) is 5.32 Å². The van der Waals surface area contributed by atoms with Crippen LogP contribution in [0.25, 0.3) is 0 Å². The summed E-state index contributed by atoms with van der Waals surface area (Å²) in [5, 5.41) is 3.28. The summed E-state index contributed by atoms with van der Waals surface area (Å²) < 4.78 is 45.4. The lowest BCUT2D eigenvalue weighted by molar-refractivity contribution is 0.293. The predicted molar refractivity (Wildman–Crippen MR) is 105 cm³/mol. The Balaban J connectivity index is 1.90. The van der Waals surface area contributed by atoms with Gasteiger partial charge < -0.3 is 10.1 Å². The molecule has 0 unspecified atom stereocenters. The second-order valence-electron chi connectivity index (χ2n) is 6.11. The van der Waals surface area contributed by atoms with Crippen molar-refractivity contribution in [2.24, 2.45) is 0 Å². The van der Waals surface area contributed by atoms with Gasteiger partial charge in [-0.25, -0.2) is 12.8 Å². The number of para-hydroxylation sites is 1. The first-order chi connectivity index (χ1) is 12.9. The molecular formula is C20H27FN2O3S. The van der Waals surface area contributed by atoms with Crippen LogP contribution in [0.4, 0.5) is 4.39 Å². The molecule has 2 aromatic rings. The Kier molecular flexibility index (Phi) is 7.77. The van der Waals surface area contributed by atoms with Crippen LogP contribution in [0.1, 0.15) is 32.4 Å². The molecule has 0 amide bonds. The van der Waals surface area contributed by atoms with Gasteiger partial charge in [-0.05, 0) is 36.8 Å². The number of nitrogens with zero attached hydrogens (tertiary/aromatic N) is 1. The summed E-state index contributed by atoms with van der Waals surface area (Å²) in [5.41, 5.74) is 0.972. The molecule has 0 bridgehead atoms. The van der Waals surface area contributed by atoms with Gasteiger partial charge in [-0.15, -0.1) is 0 Å². The molecular weight excluding hydrogens is 367 g/mol. The zero-order valence-corrected chi connectivity index (χ0v) is 16.8. The highest BCUT2D eigenvalue weighted by Crippen LogP contribution is 2.19. The molecule has 0 heterocycles. The number of sulfonamides is 1. The molecule has 0 aliphatic carbocycles. The normalized spacial score (nSPS) is 12.9. The molecule has 0 fully saturated rings. The Hall–Kier alpha value is -1.96. The van der Waals surface area contributed by atoms with E-state index in [0.29, 0.717) is 31.1 Å². The third kappa shape index (κ3) is 5.51. The van der Waals surface area contributed by atoms with E-state index < -0.39 is 10.0 Å². The van der Waals surface area contributed by atoms with E-state index in [9.17, 15) is 12.8 Å². The summed E-state index contributed by atoms with van der Waals surface area (Å²) in [6, 6.07) is 13.2. The number of hydrogen-bond donors (Lipinski definition) is 1. The number of benzene rings is 2. The molecule has 0 spiro atoms. The third-order valence-electron chi connectivity index (χ3n) is 4.37. The van der Waals surface area contributed by atoms with Crippen molar-refractivity contribution in [3.63, 3.8) is 0 Å². The maximum Gasteiger partial charge on any atom is 0.243 e. The number of ether oxygens (including phenoxy) is 1. The number of nitrogens with one attached hydrogen (secondary N) is 1. The minimum Gasteiger partial charge on any atom is -0.489 e. The van der Waals surface area contributed by atoms with Crippen LogP contribution in [-0.4, -0.2) is 39.0 Å². The summed E-state index contributed by atoms with van der Waals surface area (Å²) >= 11 is 0. The van der Waals surface area contributed by atoms with Gasteiger partial charge in [0, 0.05) is 25.7 Å². The number of hydrogen-bond acceptors (Lipinski definition) is 4. The molecule has 0 aliphatic rings. The van der Waals surface area contributed by atoms with E-state index in [0.717, 1.165) is 5.56 Å². The van der Waals surface area contributed by atoms with Crippen molar-refractivity contribution in [3.05, 3.63) is 59.9 Å². The molecule has 5 nitrogen and oxygen atoms in total. The molecule has 2 rings (SSSR count). The maximum atomic E-state index is 13.5. The van der Waals surface area contributed by atoms with Gasteiger partial charge in [-0.2, -0.15) is 4.31 Å². The molecule has 1 N–H and O–H groups in total. The number of halogens is 1. The second kappa shape index (κ2) is 9.82. The van der Waals surface area contributed by atoms with Gasteiger partial charge >= 0.3 is 0 Å². The molecule has 0 saturated carbocycles. The first-order valence-electron chi connectivity index (χ1n) is 9.11. The van der Waals surface area contributed by atoms with Crippen LogP contribution in [0, 0.1) is 5.82 Å². The third-order valence-corrected chi connectivity index (χ3v) is 6.43. The lowest BCUT2D eigenvalue weighted by Gasteiger charge is -2.19. The van der Waals surface area contributed by atoms with Crippen LogP contribution < -0.4 is 10.1 Å². The lowest BCUT2D eigenvalue weighted by atomic mass is 10.1. The topological polar surface area (TPSA) is 58.6 Å². The Morgan fingerprint density at radius 3 is 2.30 bits per heavy atom. The monoisotopic (exact) mass is 394 g/mol. The van der Waals surface area contributed by atoms with Gasteiger partial charge in [0.05, 0.1) is 4.90 Å². The Morgan fingerprint density at radius 1 is 1.07 bits per heavy atom. The molecule has 7 heteroatoms. The summed E-state index contributed by atoms with van der Waals surface area (Å²) in [7, 11) is -3.44. The molecule has 0 aliphatic heterocycles. The van der Waals surface area contributed by atoms with E-state index >= 15 is 0 Å². The van der Waals surface area contributed by atoms with Crippen LogP contribution in [0.3, 0.4) is 0 Å². The van der Waals surface area contributed by atoms with Crippen molar-refractivity contribution in [2.75, 3.05) is 26.2 Å². The van der Waals surface area contributed by atoms with Crippen LogP contribution in [0.2, 0.25) is 0 Å². The SMILES string of the molecule is CCN(CC)S(=O)(=O)c1ccc([C@H](C)NCCOc2ccccc2F)cc1. The molecule has 2 aromatic carbocycles. The van der Waals surface area contributed by atoms with Crippen molar-refractivity contribution in [1.82, 2.24) is 9.62 Å². The summed E-state index contributed by atoms with van der Waals surface area (Å²) in [4.78, 5) is 0.296. The Bertz CT molecular complexity index is 821. The van der Waals surface area contributed by atoms with Crippen molar-refractivity contribution < 1.29 is 17.5 Å². The Labute approximate surface area is 161 Å². The van der Waals surface area contributed by atoms with E-state index in [1.54, 1.807) is 30.3 Å². The van der Waals surface area contributed by atoms with E-state index in [4.69, 9.17) is 4.74 Å². The zero-order valence-electron chi connectivity index (χ0n) is 16.0. The largest absolute Gasteiger partial charge is 0.489 e. The first-order valence-corrected chi connectivity index (χ1v) is 10.5. The molecule has 0 radical (unpaired) electrons. The molecule has 148 valence electrons. The highest BCUT2D eigenvalue weighted by atomic mass is 32.2. The van der Waals surface area contributed by atoms with Gasteiger partial charge in [0.15, 0.2) is 11.6 Å². The highest BCUT2D eigenvalue weighted by Gasteiger charge is 2.21. The fourth-order valence-corrected chi connectivity index (χ4v) is 4.22. The van der Waals surface area contributed by atoms with E-state index in [1.807, 2.05) is 32.9 Å². The van der Waals surface area contributed by atoms with Crippen LogP contribution in [-0.2, 0) is 10.0 Å². The van der Waals surface area contributed by atoms with Crippen LogP contribution in [0.15, 0.2) is 53.4 Å². The molecule has 1 atom stereocenters. The summed E-state index contributed by atoms with van der Waals surface area (Å²) in [6.45, 7) is 7.39. The minimum atomic E-state index is -3.44. The fraction of sp³-hybridized carbons (Fsp3) is 0.400. The standard InChI is InChI=1S/C20H27FN2O3S/c1-4-23(5-2)27(24,25)18-12-10-17(11-13-18)16(3)22-14-15-26-20-9-7-6-8-19(20)21/h6-13,16,22H,4-5,14-15H2,1-3H3/t16-/m0/s1. The number of rotatable bonds is 10. The zero-order chi connectivity index (χ0) is 19.9. The van der Waals surface area contributed by atoms with Crippen LogP contribution >= 0.6 is 0 Å². The molecule has 27 heavy (non-hydrogen) atoms. The van der Waals surface area contributed by atoms with Gasteiger partial charge in [-0.1, -0.05) is 38.1 Å². The van der Waals surface area contributed by atoms with E-state index in [1.165, 1.54) is 10.4 Å². The van der Waals surface area contributed by atoms with Crippen molar-refractivity contribution >= 4 is 10.0 Å². The quantitative estimate of drug-likeness (QED) is 0.626. The highest BCUT2D eigenvalue weighted by molar-refractivity contribution is 7.89. The fourth-order valence-electron chi connectivity index (χ4n) is 2.76. The van der Waals surface area contributed by atoms with Gasteiger partial charge in [0.1, 0.15) is 6.61 Å². The lowest BCUT2D eigenvalue weighted by Crippen LogP contribution is -2.30. The average Bonchev–Trinajstić information content (AvgIpc) is 2.67. The smallest absolute Gasteiger partial charge is 0.243 e. The van der Waals surface area contributed by atoms with Crippen molar-refractivity contribution in [1.29, 1.82) is 0 Å². The van der Waals surface area contributed by atoms with Gasteiger partial charge in [-0.3, -0.25) is 0 Å². The molecule has 0 aromatic heterocycles. The van der Waals surface area contributed by atoms with Gasteiger partial charge in [0.25, 0.3) is 0 Å². The first kappa shape index (κ1) is 21.3. The predicted octanol–water partition coefficient (Wildman–Crippen LogP) is 3.59. The van der Waals surface area contributed by atoms with Crippen LogP contribution in [0.5, 0.6) is 5.75 Å². The molecule has 0 saturated heterocycles. The average molecular weight is 395 g/mol. The Morgan fingerprint density at radius 2 is 1.70 bits per heavy atom. The minimum absolute atomic E-state index is 0.0134. The van der Waals surface area contributed by atoms with Crippen molar-refractivity contribution in [3.8, 4) is 5.75 Å². The van der Waals surface area contributed by atoms with Crippen molar-refractivity contribution in [2.45, 2.75) is 31.7 Å².